The van der Waals surface area contributed by atoms with E-state index in [1.807, 2.05) is 0 Å². The van der Waals surface area contributed by atoms with E-state index in [0.717, 1.165) is 6.92 Å². The summed E-state index contributed by atoms with van der Waals surface area (Å²) in [6.07, 6.45) is -13.6. The average Bonchev–Trinajstić information content (AvgIpc) is 2.66. The van der Waals surface area contributed by atoms with Gasteiger partial charge in [-0.2, -0.15) is 16.8 Å². The molecule has 0 saturated carbocycles. The molecule has 196 valence electrons. The number of carbonyl (C=O) groups is 2. The monoisotopic (exact) mass is 539 g/mol. The first-order chi connectivity index (χ1) is 15.5. The van der Waals surface area contributed by atoms with Gasteiger partial charge in [-0.05, 0) is 6.08 Å². The summed E-state index contributed by atoms with van der Waals surface area (Å²) in [5, 5.41) is 42.2. The van der Waals surface area contributed by atoms with E-state index in [4.69, 9.17) is 28.4 Å². The topological polar surface area (TPSA) is 282 Å². The fourth-order valence-corrected chi connectivity index (χ4v) is 3.83. The molecule has 1 fully saturated rings. The average molecular weight is 539 g/mol. The zero-order valence-electron chi connectivity index (χ0n) is 16.9. The molecule has 2 aliphatic rings. The molecule has 1 amide bonds. The third kappa shape index (κ3) is 7.78. The standard InChI is InChI=1S/C14H21NO17S2/c1-4(16)15-8-11(9(18)7(29-13(8)21)3-28-33(22,23)24)31-14-10(32-34(25,26)27)5(17)2-6(30-14)12(19)20/h2,5,7-11,13-14,17-18,21H,3H2,1H3,(H,15,16)(H,19,20)(H,22,23,24)(H,25,26,27)/t5-,7+,8+,9-,10+,11+,13?,14-/m0/s1. The second kappa shape index (κ2) is 10.7. The highest BCUT2D eigenvalue weighted by Gasteiger charge is 2.50. The molecule has 7 N–H and O–H groups in total. The molecule has 0 aromatic rings. The third-order valence-corrected chi connectivity index (χ3v) is 5.25. The summed E-state index contributed by atoms with van der Waals surface area (Å²) in [7, 11) is -10.3. The Morgan fingerprint density at radius 2 is 1.71 bits per heavy atom. The van der Waals surface area contributed by atoms with Gasteiger partial charge in [0.15, 0.2) is 12.4 Å². The highest BCUT2D eigenvalue weighted by molar-refractivity contribution is 7.81. The van der Waals surface area contributed by atoms with E-state index in [-0.39, 0.29) is 0 Å². The molecule has 0 aromatic carbocycles. The van der Waals surface area contributed by atoms with Gasteiger partial charge in [0, 0.05) is 6.92 Å². The van der Waals surface area contributed by atoms with E-state index in [1.54, 1.807) is 0 Å². The van der Waals surface area contributed by atoms with Crippen molar-refractivity contribution in [2.75, 3.05) is 6.61 Å². The van der Waals surface area contributed by atoms with Crippen molar-refractivity contribution in [3.05, 3.63) is 11.8 Å². The van der Waals surface area contributed by atoms with Crippen molar-refractivity contribution < 1.29 is 78.5 Å². The lowest BCUT2D eigenvalue weighted by Gasteiger charge is -2.44. The molecule has 0 spiro atoms. The number of carbonyl (C=O) groups excluding carboxylic acids is 1. The maximum atomic E-state index is 11.5. The first-order valence-electron chi connectivity index (χ1n) is 9.00. The Bertz CT molecular complexity index is 1010. The molecule has 0 radical (unpaired) electrons. The Morgan fingerprint density at radius 1 is 1.09 bits per heavy atom. The first kappa shape index (κ1) is 28.3. The molecule has 0 aromatic heterocycles. The molecule has 0 aliphatic carbocycles. The number of aliphatic hydroxyl groups is 3. The van der Waals surface area contributed by atoms with E-state index in [2.05, 4.69) is 13.7 Å². The highest BCUT2D eigenvalue weighted by Crippen LogP contribution is 2.30. The normalized spacial score (nSPS) is 34.6. The number of hydrogen-bond donors (Lipinski definition) is 7. The molecule has 2 aliphatic heterocycles. The van der Waals surface area contributed by atoms with Crippen LogP contribution in [-0.2, 0) is 53.0 Å². The van der Waals surface area contributed by atoms with Crippen molar-refractivity contribution in [2.45, 2.75) is 56.1 Å². The maximum absolute atomic E-state index is 11.5. The summed E-state index contributed by atoms with van der Waals surface area (Å²) in [5.41, 5.74) is 0. The number of amides is 1. The molecule has 1 saturated heterocycles. The molecule has 34 heavy (non-hydrogen) atoms. The minimum Gasteiger partial charge on any atom is -0.475 e. The summed E-state index contributed by atoms with van der Waals surface area (Å²) < 4.78 is 85.2. The first-order valence-corrected chi connectivity index (χ1v) is 11.7. The lowest BCUT2D eigenvalue weighted by molar-refractivity contribution is -0.299. The number of carboxylic acid groups (broad SMARTS) is 1. The fraction of sp³-hybridized carbons (Fsp3) is 0.714. The van der Waals surface area contributed by atoms with Gasteiger partial charge in [0.1, 0.15) is 30.5 Å². The highest BCUT2D eigenvalue weighted by atomic mass is 32.3. The van der Waals surface area contributed by atoms with Gasteiger partial charge in [-0.1, -0.05) is 0 Å². The zero-order valence-corrected chi connectivity index (χ0v) is 18.5. The second-order valence-corrected chi connectivity index (χ2v) is 9.04. The van der Waals surface area contributed by atoms with Gasteiger partial charge >= 0.3 is 26.8 Å². The zero-order chi connectivity index (χ0) is 26.0. The molecule has 8 atom stereocenters. The van der Waals surface area contributed by atoms with E-state index >= 15 is 0 Å². The molecular formula is C14H21NO17S2. The molecule has 1 unspecified atom stereocenters. The van der Waals surface area contributed by atoms with Gasteiger partial charge < -0.3 is 40.0 Å². The predicted molar refractivity (Wildman–Crippen MR) is 99.9 cm³/mol. The van der Waals surface area contributed by atoms with Crippen molar-refractivity contribution in [3.8, 4) is 0 Å². The Labute approximate surface area is 191 Å². The third-order valence-electron chi connectivity index (χ3n) is 4.35. The molecule has 20 heteroatoms. The minimum absolute atomic E-state index is 0.515. The van der Waals surface area contributed by atoms with Crippen molar-refractivity contribution in [3.63, 3.8) is 0 Å². The lowest BCUT2D eigenvalue weighted by atomic mass is 9.96. The smallest absolute Gasteiger partial charge is 0.397 e. The van der Waals surface area contributed by atoms with Gasteiger partial charge in [0.05, 0.1) is 6.61 Å². The number of aliphatic carboxylic acids is 1. The molecule has 2 heterocycles. The van der Waals surface area contributed by atoms with Gasteiger partial charge in [0.25, 0.3) is 0 Å². The molecular weight excluding hydrogens is 518 g/mol. The largest absolute Gasteiger partial charge is 0.475 e. The van der Waals surface area contributed by atoms with Crippen LogP contribution >= 0.6 is 0 Å². The second-order valence-electron chi connectivity index (χ2n) is 6.90. The summed E-state index contributed by atoms with van der Waals surface area (Å²) in [6, 6.07) is -1.67. The number of nitrogens with one attached hydrogen (secondary N) is 1. The van der Waals surface area contributed by atoms with E-state index in [9.17, 15) is 41.7 Å². The number of aliphatic hydroxyl groups excluding tert-OH is 3. The maximum Gasteiger partial charge on any atom is 0.397 e. The van der Waals surface area contributed by atoms with Gasteiger partial charge in [0.2, 0.25) is 18.0 Å². The van der Waals surface area contributed by atoms with Crippen LogP contribution in [0.4, 0.5) is 0 Å². The lowest BCUT2D eigenvalue weighted by Crippen LogP contribution is -2.66. The van der Waals surface area contributed by atoms with E-state index in [0.29, 0.717) is 6.08 Å². The Kier molecular flexibility index (Phi) is 8.93. The number of hydrogen-bond acceptors (Lipinski definition) is 14. The van der Waals surface area contributed by atoms with Crippen LogP contribution in [0, 0.1) is 0 Å². The molecule has 2 rings (SSSR count). The van der Waals surface area contributed by atoms with Crippen molar-refractivity contribution in [1.82, 2.24) is 5.32 Å². The van der Waals surface area contributed by atoms with Crippen LogP contribution in [0.25, 0.3) is 0 Å². The summed E-state index contributed by atoms with van der Waals surface area (Å²) in [6.45, 7) is -0.0941. The Morgan fingerprint density at radius 3 is 2.21 bits per heavy atom. The van der Waals surface area contributed by atoms with Crippen LogP contribution in [0.1, 0.15) is 6.92 Å². The fourth-order valence-electron chi connectivity index (χ4n) is 3.04. The Balaban J connectivity index is 2.40. The summed E-state index contributed by atoms with van der Waals surface area (Å²) in [5.74, 6) is -3.51. The molecule has 18 nitrogen and oxygen atoms in total. The molecule has 0 bridgehead atoms. The Hall–Kier alpha value is -1.98. The number of ether oxygens (including phenoxy) is 3. The van der Waals surface area contributed by atoms with Gasteiger partial charge in [-0.15, -0.1) is 0 Å². The van der Waals surface area contributed by atoms with E-state index in [1.165, 1.54) is 0 Å². The van der Waals surface area contributed by atoms with Crippen molar-refractivity contribution in [2.24, 2.45) is 0 Å². The SMILES string of the molecule is CC(=O)N[C@H]1C(O)O[C@H](COS(=O)(=O)O)[C@H](O)[C@@H]1O[C@@H]1OC(C(=O)O)=C[C@H](O)[C@H]1OS(=O)(=O)O. The number of carboxylic acids is 1. The summed E-state index contributed by atoms with van der Waals surface area (Å²) in [4.78, 5) is 22.8. The van der Waals surface area contributed by atoms with Gasteiger partial charge in [-0.25, -0.2) is 13.2 Å². The number of rotatable bonds is 9. The van der Waals surface area contributed by atoms with Crippen LogP contribution in [0.15, 0.2) is 11.8 Å². The van der Waals surface area contributed by atoms with Crippen LogP contribution in [0.3, 0.4) is 0 Å². The minimum atomic E-state index is -5.28. The van der Waals surface area contributed by atoms with Crippen LogP contribution in [0.2, 0.25) is 0 Å². The quantitative estimate of drug-likeness (QED) is 0.136. The van der Waals surface area contributed by atoms with Crippen LogP contribution in [-0.4, -0.2) is 114 Å². The van der Waals surface area contributed by atoms with Crippen LogP contribution < -0.4 is 5.32 Å². The van der Waals surface area contributed by atoms with Gasteiger partial charge in [-0.3, -0.25) is 13.9 Å². The van der Waals surface area contributed by atoms with E-state index < -0.39 is 94.2 Å². The van der Waals surface area contributed by atoms with Crippen molar-refractivity contribution in [1.29, 1.82) is 0 Å². The summed E-state index contributed by atoms with van der Waals surface area (Å²) >= 11 is 0. The predicted octanol–water partition coefficient (Wildman–Crippen LogP) is -4.35. The van der Waals surface area contributed by atoms with Crippen molar-refractivity contribution >= 4 is 32.7 Å². The van der Waals surface area contributed by atoms with Crippen LogP contribution in [0.5, 0.6) is 0 Å².